The Morgan fingerprint density at radius 3 is 2.52 bits per heavy atom. The van der Waals surface area contributed by atoms with Crippen LogP contribution in [0.3, 0.4) is 0 Å². The van der Waals surface area contributed by atoms with Crippen molar-refractivity contribution in [3.63, 3.8) is 0 Å². The zero-order chi connectivity index (χ0) is 17.7. The molecule has 0 aliphatic heterocycles. The zero-order valence-electron chi connectivity index (χ0n) is 12.7. The Kier molecular flexibility index (Phi) is 11.0. The Labute approximate surface area is 139 Å². The topological polar surface area (TPSA) is 74.6 Å². The molecule has 1 rings (SSSR count). The summed E-state index contributed by atoms with van der Waals surface area (Å²) < 4.78 is 13.0. The van der Waals surface area contributed by atoms with E-state index < -0.39 is 17.8 Å². The van der Waals surface area contributed by atoms with Gasteiger partial charge in [-0.05, 0) is 24.6 Å². The molecule has 0 aliphatic rings. The second-order valence-electron chi connectivity index (χ2n) is 4.40. The van der Waals surface area contributed by atoms with Gasteiger partial charge in [-0.25, -0.2) is 14.0 Å². The maximum atomic E-state index is 13.0. The van der Waals surface area contributed by atoms with Crippen LogP contribution in [0.15, 0.2) is 24.3 Å². The molecule has 0 aliphatic carbocycles. The lowest BCUT2D eigenvalue weighted by Crippen LogP contribution is -1.87. The summed E-state index contributed by atoms with van der Waals surface area (Å²) >= 11 is 5.50. The number of carboxylic acids is 2. The standard InChI is InChI=1S/C9H6ClFO2.C8H12O2/c10-7-3-1-6(8(11)5-7)2-4-9(12)13;1-2-3-4-5-6-7-8(9)10/h1-5H,(H,12,13);2-5H2,1H3,(H,9,10)/b4-2+;. The summed E-state index contributed by atoms with van der Waals surface area (Å²) in [6.07, 6.45) is 6.04. The molecule has 0 spiro atoms. The highest BCUT2D eigenvalue weighted by Crippen LogP contribution is 2.15. The summed E-state index contributed by atoms with van der Waals surface area (Å²) in [5.74, 6) is 1.96. The van der Waals surface area contributed by atoms with E-state index in [9.17, 15) is 14.0 Å². The molecule has 6 heteroatoms. The number of aliphatic carboxylic acids is 2. The fourth-order valence-corrected chi connectivity index (χ4v) is 1.56. The summed E-state index contributed by atoms with van der Waals surface area (Å²) in [6, 6.07) is 4.03. The van der Waals surface area contributed by atoms with Crippen LogP contribution < -0.4 is 0 Å². The number of carbonyl (C=O) groups is 2. The average Bonchev–Trinajstić information content (AvgIpc) is 2.46. The van der Waals surface area contributed by atoms with Crippen LogP contribution in [0.1, 0.15) is 38.2 Å². The van der Waals surface area contributed by atoms with Gasteiger partial charge in [-0.2, -0.15) is 0 Å². The second kappa shape index (κ2) is 12.2. The molecule has 0 fully saturated rings. The molecule has 0 saturated heterocycles. The third kappa shape index (κ3) is 12.0. The molecular weight excluding hydrogens is 323 g/mol. The minimum absolute atomic E-state index is 0.201. The lowest BCUT2D eigenvalue weighted by atomic mass is 10.2. The molecule has 1 aromatic rings. The van der Waals surface area contributed by atoms with Gasteiger partial charge in [0.05, 0.1) is 0 Å². The Morgan fingerprint density at radius 1 is 1.30 bits per heavy atom. The number of hydrogen-bond donors (Lipinski definition) is 2. The minimum atomic E-state index is -1.12. The largest absolute Gasteiger partial charge is 0.478 e. The highest BCUT2D eigenvalue weighted by atomic mass is 35.5. The molecule has 0 bridgehead atoms. The predicted octanol–water partition coefficient (Wildman–Crippen LogP) is 4.23. The Bertz CT molecular complexity index is 615. The quantitative estimate of drug-likeness (QED) is 0.478. The predicted molar refractivity (Wildman–Crippen MR) is 87.6 cm³/mol. The van der Waals surface area contributed by atoms with Crippen LogP contribution in [0.2, 0.25) is 5.02 Å². The molecule has 124 valence electrons. The number of benzene rings is 1. The molecule has 2 N–H and O–H groups in total. The van der Waals surface area contributed by atoms with Crippen molar-refractivity contribution in [3.05, 3.63) is 40.7 Å². The van der Waals surface area contributed by atoms with Crippen LogP contribution in [0, 0.1) is 17.7 Å². The van der Waals surface area contributed by atoms with Gasteiger partial charge in [-0.3, -0.25) is 0 Å². The van der Waals surface area contributed by atoms with Crippen LogP contribution in [-0.2, 0) is 9.59 Å². The van der Waals surface area contributed by atoms with E-state index in [2.05, 4.69) is 18.8 Å². The lowest BCUT2D eigenvalue weighted by Gasteiger charge is -1.95. The summed E-state index contributed by atoms with van der Waals surface area (Å²) in [5, 5.41) is 16.7. The van der Waals surface area contributed by atoms with Crippen LogP contribution in [0.4, 0.5) is 4.39 Å². The SMILES string of the molecule is CCCCCC#CC(=O)O.O=C(O)/C=C/c1ccc(Cl)cc1F. The van der Waals surface area contributed by atoms with E-state index in [-0.39, 0.29) is 10.6 Å². The summed E-state index contributed by atoms with van der Waals surface area (Å²) in [7, 11) is 0. The molecule has 0 aromatic heterocycles. The first-order chi connectivity index (χ1) is 10.9. The van der Waals surface area contributed by atoms with Gasteiger partial charge in [0.2, 0.25) is 0 Å². The summed E-state index contributed by atoms with van der Waals surface area (Å²) in [6.45, 7) is 2.10. The number of carboxylic acid groups (broad SMARTS) is 2. The first-order valence-corrected chi connectivity index (χ1v) is 7.32. The fourth-order valence-electron chi connectivity index (χ4n) is 1.40. The van der Waals surface area contributed by atoms with Gasteiger partial charge in [-0.1, -0.05) is 43.4 Å². The molecule has 23 heavy (non-hydrogen) atoms. The molecule has 1 aromatic carbocycles. The van der Waals surface area contributed by atoms with E-state index >= 15 is 0 Å². The van der Waals surface area contributed by atoms with Gasteiger partial charge in [-0.15, -0.1) is 0 Å². The molecular formula is C17H18ClFO4. The highest BCUT2D eigenvalue weighted by Gasteiger charge is 1.99. The smallest absolute Gasteiger partial charge is 0.381 e. The Balaban J connectivity index is 0.000000438. The van der Waals surface area contributed by atoms with Crippen molar-refractivity contribution in [2.24, 2.45) is 0 Å². The van der Waals surface area contributed by atoms with Crippen molar-refractivity contribution in [2.75, 3.05) is 0 Å². The van der Waals surface area contributed by atoms with E-state index in [4.69, 9.17) is 21.8 Å². The van der Waals surface area contributed by atoms with Gasteiger partial charge < -0.3 is 10.2 Å². The van der Waals surface area contributed by atoms with Crippen molar-refractivity contribution in [1.29, 1.82) is 0 Å². The van der Waals surface area contributed by atoms with Gasteiger partial charge in [0.1, 0.15) is 5.82 Å². The van der Waals surface area contributed by atoms with Crippen molar-refractivity contribution in [2.45, 2.75) is 32.6 Å². The third-order valence-electron chi connectivity index (χ3n) is 2.47. The Hall–Kier alpha value is -2.32. The number of halogens is 2. The van der Waals surface area contributed by atoms with E-state index in [0.717, 1.165) is 31.4 Å². The van der Waals surface area contributed by atoms with Crippen LogP contribution in [0.25, 0.3) is 6.08 Å². The number of hydrogen-bond acceptors (Lipinski definition) is 2. The number of unbranched alkanes of at least 4 members (excludes halogenated alkanes) is 3. The molecule has 0 atom stereocenters. The first kappa shape index (κ1) is 20.7. The summed E-state index contributed by atoms with van der Waals surface area (Å²) in [4.78, 5) is 20.0. The van der Waals surface area contributed by atoms with E-state index in [1.165, 1.54) is 18.2 Å². The fraction of sp³-hybridized carbons (Fsp3) is 0.294. The third-order valence-corrected chi connectivity index (χ3v) is 2.70. The molecule has 0 amide bonds. The minimum Gasteiger partial charge on any atom is -0.478 e. The zero-order valence-corrected chi connectivity index (χ0v) is 13.4. The molecule has 0 radical (unpaired) electrons. The Morgan fingerprint density at radius 2 is 2.00 bits per heavy atom. The van der Waals surface area contributed by atoms with Gasteiger partial charge >= 0.3 is 11.9 Å². The van der Waals surface area contributed by atoms with Crippen molar-refractivity contribution >= 4 is 29.6 Å². The highest BCUT2D eigenvalue weighted by molar-refractivity contribution is 6.30. The van der Waals surface area contributed by atoms with E-state index in [1.807, 2.05) is 0 Å². The maximum Gasteiger partial charge on any atom is 0.381 e. The maximum absolute atomic E-state index is 13.0. The van der Waals surface area contributed by atoms with Crippen LogP contribution in [0.5, 0.6) is 0 Å². The van der Waals surface area contributed by atoms with Crippen LogP contribution >= 0.6 is 11.6 Å². The molecule has 4 nitrogen and oxygen atoms in total. The number of rotatable bonds is 5. The van der Waals surface area contributed by atoms with Gasteiger partial charge in [0.15, 0.2) is 0 Å². The molecule has 0 saturated carbocycles. The van der Waals surface area contributed by atoms with Crippen molar-refractivity contribution in [3.8, 4) is 11.8 Å². The lowest BCUT2D eigenvalue weighted by molar-refractivity contribution is -0.132. The van der Waals surface area contributed by atoms with E-state index in [1.54, 1.807) is 0 Å². The van der Waals surface area contributed by atoms with Crippen molar-refractivity contribution in [1.82, 2.24) is 0 Å². The normalized spacial score (nSPS) is 9.52. The van der Waals surface area contributed by atoms with Crippen molar-refractivity contribution < 1.29 is 24.2 Å². The van der Waals surface area contributed by atoms with E-state index in [0.29, 0.717) is 6.42 Å². The molecule has 0 unspecified atom stereocenters. The molecule has 0 heterocycles. The second-order valence-corrected chi connectivity index (χ2v) is 4.84. The monoisotopic (exact) mass is 340 g/mol. The van der Waals surface area contributed by atoms with Gasteiger partial charge in [0, 0.05) is 29.0 Å². The summed E-state index contributed by atoms with van der Waals surface area (Å²) in [5.41, 5.74) is 0.201. The average molecular weight is 341 g/mol. The van der Waals surface area contributed by atoms with Crippen LogP contribution in [-0.4, -0.2) is 22.2 Å². The van der Waals surface area contributed by atoms with Gasteiger partial charge in [0.25, 0.3) is 0 Å². The first-order valence-electron chi connectivity index (χ1n) is 6.94.